The fraction of sp³-hybridized carbons (Fsp3) is 0.588. The molecule has 1 amide bonds. The second-order valence-corrected chi connectivity index (χ2v) is 5.35. The fourth-order valence-corrected chi connectivity index (χ4v) is 2.57. The van der Waals surface area contributed by atoms with Gasteiger partial charge >= 0.3 is 0 Å². The van der Waals surface area contributed by atoms with Crippen molar-refractivity contribution in [2.75, 3.05) is 33.2 Å². The SMILES string of the molecule is CCN(CC)C(CNC(=O)C(C)CNC)c1ccccc1.Cl.Cl. The Morgan fingerprint density at radius 2 is 1.65 bits per heavy atom. The number of hydrogen-bond donors (Lipinski definition) is 2. The van der Waals surface area contributed by atoms with Crippen molar-refractivity contribution in [3.05, 3.63) is 35.9 Å². The molecule has 2 atom stereocenters. The molecule has 0 aliphatic rings. The van der Waals surface area contributed by atoms with Crippen LogP contribution < -0.4 is 10.6 Å². The van der Waals surface area contributed by atoms with Gasteiger partial charge in [-0.3, -0.25) is 9.69 Å². The molecule has 0 heterocycles. The molecule has 0 bridgehead atoms. The lowest BCUT2D eigenvalue weighted by molar-refractivity contribution is -0.124. The lowest BCUT2D eigenvalue weighted by atomic mass is 10.0. The smallest absolute Gasteiger partial charge is 0.224 e. The van der Waals surface area contributed by atoms with Gasteiger partial charge in [-0.25, -0.2) is 0 Å². The second-order valence-electron chi connectivity index (χ2n) is 5.35. The third-order valence-corrected chi connectivity index (χ3v) is 3.87. The van der Waals surface area contributed by atoms with E-state index in [0.717, 1.165) is 13.1 Å². The second kappa shape index (κ2) is 13.6. The molecule has 0 aliphatic carbocycles. The number of nitrogens with one attached hydrogen (secondary N) is 2. The van der Waals surface area contributed by atoms with Crippen molar-refractivity contribution < 1.29 is 4.79 Å². The molecule has 6 heteroatoms. The molecule has 2 N–H and O–H groups in total. The summed E-state index contributed by atoms with van der Waals surface area (Å²) in [5.74, 6) is 0.0977. The van der Waals surface area contributed by atoms with E-state index in [9.17, 15) is 4.79 Å². The van der Waals surface area contributed by atoms with Gasteiger partial charge in [-0.1, -0.05) is 51.1 Å². The lowest BCUT2D eigenvalue weighted by Gasteiger charge is -2.30. The average Bonchev–Trinajstić information content (AvgIpc) is 2.52. The Labute approximate surface area is 153 Å². The van der Waals surface area contributed by atoms with Crippen LogP contribution in [0.2, 0.25) is 0 Å². The van der Waals surface area contributed by atoms with Gasteiger partial charge in [-0.05, 0) is 25.7 Å². The molecular formula is C17H31Cl2N3O. The van der Waals surface area contributed by atoms with Crippen LogP contribution in [0.25, 0.3) is 0 Å². The van der Waals surface area contributed by atoms with Gasteiger partial charge in [0.1, 0.15) is 0 Å². The van der Waals surface area contributed by atoms with Crippen molar-refractivity contribution in [2.45, 2.75) is 26.8 Å². The van der Waals surface area contributed by atoms with Crippen molar-refractivity contribution in [1.29, 1.82) is 0 Å². The van der Waals surface area contributed by atoms with E-state index < -0.39 is 0 Å². The summed E-state index contributed by atoms with van der Waals surface area (Å²) in [7, 11) is 1.87. The fourth-order valence-electron chi connectivity index (χ4n) is 2.57. The lowest BCUT2D eigenvalue weighted by Crippen LogP contribution is -2.41. The number of hydrogen-bond acceptors (Lipinski definition) is 3. The minimum absolute atomic E-state index is 0. The summed E-state index contributed by atoms with van der Waals surface area (Å²) in [6.45, 7) is 9.55. The Bertz CT molecular complexity index is 414. The van der Waals surface area contributed by atoms with Crippen LogP contribution in [0, 0.1) is 5.92 Å². The van der Waals surface area contributed by atoms with E-state index in [0.29, 0.717) is 13.1 Å². The van der Waals surface area contributed by atoms with Gasteiger partial charge < -0.3 is 10.6 Å². The summed E-state index contributed by atoms with van der Waals surface area (Å²) < 4.78 is 0. The Morgan fingerprint density at radius 3 is 2.13 bits per heavy atom. The van der Waals surface area contributed by atoms with Gasteiger partial charge in [0.25, 0.3) is 0 Å². The molecular weight excluding hydrogens is 333 g/mol. The van der Waals surface area contributed by atoms with Crippen molar-refractivity contribution in [2.24, 2.45) is 5.92 Å². The van der Waals surface area contributed by atoms with Gasteiger partial charge in [0.2, 0.25) is 5.91 Å². The molecule has 0 saturated heterocycles. The number of benzene rings is 1. The molecule has 1 aromatic rings. The van der Waals surface area contributed by atoms with Crippen LogP contribution in [-0.2, 0) is 4.79 Å². The summed E-state index contributed by atoms with van der Waals surface area (Å²) in [5.41, 5.74) is 1.25. The first kappa shape index (κ1) is 24.4. The zero-order chi connectivity index (χ0) is 15.7. The van der Waals surface area contributed by atoms with E-state index in [1.165, 1.54) is 5.56 Å². The molecule has 0 saturated carbocycles. The molecule has 1 rings (SSSR count). The number of carbonyl (C=O) groups excluding carboxylic acids is 1. The van der Waals surface area contributed by atoms with Crippen molar-refractivity contribution in [1.82, 2.24) is 15.5 Å². The van der Waals surface area contributed by atoms with E-state index in [1.807, 2.05) is 20.0 Å². The van der Waals surface area contributed by atoms with Crippen LogP contribution in [0.1, 0.15) is 32.4 Å². The Morgan fingerprint density at radius 1 is 1.09 bits per heavy atom. The molecule has 0 fully saturated rings. The summed E-state index contributed by atoms with van der Waals surface area (Å²) in [6, 6.07) is 10.6. The van der Waals surface area contributed by atoms with Crippen molar-refractivity contribution >= 4 is 30.7 Å². The number of amides is 1. The maximum atomic E-state index is 12.1. The highest BCUT2D eigenvalue weighted by atomic mass is 35.5. The zero-order valence-electron chi connectivity index (χ0n) is 14.5. The Balaban J connectivity index is 0. The maximum absolute atomic E-state index is 12.1. The predicted octanol–water partition coefficient (Wildman–Crippen LogP) is 2.88. The molecule has 134 valence electrons. The van der Waals surface area contributed by atoms with Crippen LogP contribution in [-0.4, -0.2) is 44.0 Å². The van der Waals surface area contributed by atoms with E-state index in [4.69, 9.17) is 0 Å². The third-order valence-electron chi connectivity index (χ3n) is 3.87. The monoisotopic (exact) mass is 363 g/mol. The first-order valence-corrected chi connectivity index (χ1v) is 7.85. The standard InChI is InChI=1S/C17H29N3O.2ClH/c1-5-20(6-2)16(15-10-8-7-9-11-15)13-19-17(21)14(3)12-18-4;;/h7-11,14,16,18H,5-6,12-13H2,1-4H3,(H,19,21);2*1H. The number of carbonyl (C=O) groups is 1. The summed E-state index contributed by atoms with van der Waals surface area (Å²) >= 11 is 0. The van der Waals surface area contributed by atoms with Crippen LogP contribution in [0.15, 0.2) is 30.3 Å². The van der Waals surface area contributed by atoms with Crippen molar-refractivity contribution in [3.63, 3.8) is 0 Å². The maximum Gasteiger partial charge on any atom is 0.224 e. The minimum Gasteiger partial charge on any atom is -0.354 e. The molecule has 0 aromatic heterocycles. The number of nitrogens with zero attached hydrogens (tertiary/aromatic N) is 1. The summed E-state index contributed by atoms with van der Waals surface area (Å²) in [5, 5.41) is 6.14. The average molecular weight is 364 g/mol. The highest BCUT2D eigenvalue weighted by Crippen LogP contribution is 2.19. The summed E-state index contributed by atoms with van der Waals surface area (Å²) in [6.07, 6.45) is 0. The molecule has 0 radical (unpaired) electrons. The number of halogens is 2. The first-order valence-electron chi connectivity index (χ1n) is 7.85. The van der Waals surface area contributed by atoms with Crippen LogP contribution >= 0.6 is 24.8 Å². The third kappa shape index (κ3) is 8.02. The van der Waals surface area contributed by atoms with Gasteiger partial charge in [-0.15, -0.1) is 24.8 Å². The topological polar surface area (TPSA) is 44.4 Å². The molecule has 23 heavy (non-hydrogen) atoms. The van der Waals surface area contributed by atoms with E-state index >= 15 is 0 Å². The number of rotatable bonds is 9. The molecule has 2 unspecified atom stereocenters. The Hall–Kier alpha value is -0.810. The van der Waals surface area contributed by atoms with Gasteiger partial charge in [-0.2, -0.15) is 0 Å². The largest absolute Gasteiger partial charge is 0.354 e. The highest BCUT2D eigenvalue weighted by Gasteiger charge is 2.20. The quantitative estimate of drug-likeness (QED) is 0.708. The van der Waals surface area contributed by atoms with E-state index in [2.05, 4.69) is 53.6 Å². The van der Waals surface area contributed by atoms with Crippen LogP contribution in [0.5, 0.6) is 0 Å². The molecule has 0 aliphatic heterocycles. The highest BCUT2D eigenvalue weighted by molar-refractivity contribution is 5.85. The number of likely N-dealkylation sites (N-methyl/N-ethyl adjacent to an activating group) is 1. The normalized spacial score (nSPS) is 12.7. The van der Waals surface area contributed by atoms with E-state index in [-0.39, 0.29) is 42.7 Å². The van der Waals surface area contributed by atoms with Crippen LogP contribution in [0.3, 0.4) is 0 Å². The first-order chi connectivity index (χ1) is 10.1. The van der Waals surface area contributed by atoms with Crippen LogP contribution in [0.4, 0.5) is 0 Å². The van der Waals surface area contributed by atoms with Crippen molar-refractivity contribution in [3.8, 4) is 0 Å². The minimum atomic E-state index is -0.0110. The molecule has 1 aromatic carbocycles. The van der Waals surface area contributed by atoms with Gasteiger partial charge in [0, 0.05) is 19.0 Å². The van der Waals surface area contributed by atoms with E-state index in [1.54, 1.807) is 0 Å². The molecule has 4 nitrogen and oxygen atoms in total. The predicted molar refractivity (Wildman–Crippen MR) is 103 cm³/mol. The van der Waals surface area contributed by atoms with Gasteiger partial charge in [0.05, 0.1) is 6.04 Å². The molecule has 0 spiro atoms. The summed E-state index contributed by atoms with van der Waals surface area (Å²) in [4.78, 5) is 14.5. The Kier molecular flexibility index (Phi) is 14.5. The zero-order valence-corrected chi connectivity index (χ0v) is 16.2. The van der Waals surface area contributed by atoms with Gasteiger partial charge in [0.15, 0.2) is 0 Å².